The van der Waals surface area contributed by atoms with Gasteiger partial charge in [0.05, 0.1) is 11.7 Å². The van der Waals surface area contributed by atoms with Crippen LogP contribution in [-0.4, -0.2) is 23.8 Å². The lowest BCUT2D eigenvalue weighted by Crippen LogP contribution is -2.52. The Morgan fingerprint density at radius 3 is 2.25 bits per heavy atom. The second-order valence-electron chi connectivity index (χ2n) is 6.67. The molecule has 0 amide bonds. The van der Waals surface area contributed by atoms with Gasteiger partial charge in [0, 0.05) is 12.1 Å². The normalized spacial score (nSPS) is 33.0. The van der Waals surface area contributed by atoms with Crippen molar-refractivity contribution in [1.29, 1.82) is 0 Å². The second-order valence-corrected chi connectivity index (χ2v) is 6.67. The van der Waals surface area contributed by atoms with E-state index in [4.69, 9.17) is 4.74 Å². The molecule has 0 aliphatic heterocycles. The molecular weight excluding hydrogens is 198 g/mol. The van der Waals surface area contributed by atoms with Gasteiger partial charge >= 0.3 is 0 Å². The monoisotopic (exact) mass is 225 g/mol. The van der Waals surface area contributed by atoms with Gasteiger partial charge in [-0.25, -0.2) is 0 Å². The summed E-state index contributed by atoms with van der Waals surface area (Å²) in [6.07, 6.45) is 7.21. The first-order chi connectivity index (χ1) is 7.44. The van der Waals surface area contributed by atoms with E-state index in [1.54, 1.807) is 0 Å². The highest BCUT2D eigenvalue weighted by Crippen LogP contribution is 2.32. The van der Waals surface area contributed by atoms with Crippen LogP contribution < -0.4 is 5.32 Å². The van der Waals surface area contributed by atoms with Gasteiger partial charge in [0.15, 0.2) is 0 Å². The Hall–Kier alpha value is -0.0800. The average Bonchev–Trinajstić information content (AvgIpc) is 1.93. The molecule has 2 nitrogen and oxygen atoms in total. The highest BCUT2D eigenvalue weighted by molar-refractivity contribution is 4.91. The third-order valence-electron chi connectivity index (χ3n) is 3.97. The standard InChI is InChI=1S/C14H27NO/c1-10(11-6-5-7-11)15-12-8-13(9-12)16-14(2,3)4/h10-13,15H,5-9H2,1-4H3. The first-order valence-electron chi connectivity index (χ1n) is 6.88. The van der Waals surface area contributed by atoms with Crippen molar-refractivity contribution in [3.8, 4) is 0 Å². The van der Waals surface area contributed by atoms with Crippen molar-refractivity contribution in [3.63, 3.8) is 0 Å². The van der Waals surface area contributed by atoms with Crippen LogP contribution in [0.15, 0.2) is 0 Å². The molecular formula is C14H27NO. The summed E-state index contributed by atoms with van der Waals surface area (Å²) in [5.41, 5.74) is 0.0230. The SMILES string of the molecule is CC(NC1CC(OC(C)(C)C)C1)C1CCC1. The fourth-order valence-corrected chi connectivity index (χ4v) is 2.75. The van der Waals surface area contributed by atoms with E-state index in [1.165, 1.54) is 32.1 Å². The molecule has 0 saturated heterocycles. The highest BCUT2D eigenvalue weighted by atomic mass is 16.5. The van der Waals surface area contributed by atoms with Gasteiger partial charge in [-0.3, -0.25) is 0 Å². The fourth-order valence-electron chi connectivity index (χ4n) is 2.75. The quantitative estimate of drug-likeness (QED) is 0.794. The third-order valence-corrected chi connectivity index (χ3v) is 3.97. The Bertz CT molecular complexity index is 223. The van der Waals surface area contributed by atoms with Gasteiger partial charge in [0.2, 0.25) is 0 Å². The van der Waals surface area contributed by atoms with Crippen molar-refractivity contribution in [3.05, 3.63) is 0 Å². The molecule has 1 N–H and O–H groups in total. The molecule has 2 saturated carbocycles. The number of ether oxygens (including phenoxy) is 1. The van der Waals surface area contributed by atoms with Crippen LogP contribution >= 0.6 is 0 Å². The Morgan fingerprint density at radius 1 is 1.19 bits per heavy atom. The number of hydrogen-bond donors (Lipinski definition) is 1. The lowest BCUT2D eigenvalue weighted by Gasteiger charge is -2.43. The largest absolute Gasteiger partial charge is 0.373 e. The minimum atomic E-state index is 0.0230. The highest BCUT2D eigenvalue weighted by Gasteiger charge is 2.35. The number of nitrogens with one attached hydrogen (secondary N) is 1. The topological polar surface area (TPSA) is 21.3 Å². The summed E-state index contributed by atoms with van der Waals surface area (Å²) in [6.45, 7) is 8.78. The third kappa shape index (κ3) is 3.21. The summed E-state index contributed by atoms with van der Waals surface area (Å²) >= 11 is 0. The summed E-state index contributed by atoms with van der Waals surface area (Å²) in [4.78, 5) is 0. The smallest absolute Gasteiger partial charge is 0.0612 e. The minimum Gasteiger partial charge on any atom is -0.373 e. The predicted molar refractivity (Wildman–Crippen MR) is 67.6 cm³/mol. The molecule has 0 spiro atoms. The predicted octanol–water partition coefficient (Wildman–Crippen LogP) is 3.11. The molecule has 0 bridgehead atoms. The first kappa shape index (κ1) is 12.4. The zero-order valence-corrected chi connectivity index (χ0v) is 11.3. The Labute approximate surface area is 100 Å². The van der Waals surface area contributed by atoms with Crippen molar-refractivity contribution < 1.29 is 4.74 Å². The minimum absolute atomic E-state index is 0.0230. The van der Waals surface area contributed by atoms with Crippen LogP contribution in [0, 0.1) is 5.92 Å². The lowest BCUT2D eigenvalue weighted by atomic mass is 9.79. The van der Waals surface area contributed by atoms with E-state index in [0.717, 1.165) is 5.92 Å². The van der Waals surface area contributed by atoms with Gasteiger partial charge < -0.3 is 10.1 Å². The van der Waals surface area contributed by atoms with E-state index >= 15 is 0 Å². The maximum Gasteiger partial charge on any atom is 0.0612 e. The Kier molecular flexibility index (Phi) is 3.60. The van der Waals surface area contributed by atoms with Gasteiger partial charge in [-0.1, -0.05) is 6.42 Å². The molecule has 2 aliphatic rings. The van der Waals surface area contributed by atoms with E-state index in [2.05, 4.69) is 33.0 Å². The molecule has 2 rings (SSSR count). The summed E-state index contributed by atoms with van der Waals surface area (Å²) < 4.78 is 5.95. The van der Waals surface area contributed by atoms with Crippen molar-refractivity contribution in [2.75, 3.05) is 0 Å². The van der Waals surface area contributed by atoms with E-state index in [9.17, 15) is 0 Å². The van der Waals surface area contributed by atoms with Crippen molar-refractivity contribution in [2.45, 2.75) is 83.6 Å². The van der Waals surface area contributed by atoms with E-state index < -0.39 is 0 Å². The summed E-state index contributed by atoms with van der Waals surface area (Å²) in [5, 5.41) is 3.75. The molecule has 1 atom stereocenters. The lowest BCUT2D eigenvalue weighted by molar-refractivity contribution is -0.104. The molecule has 2 fully saturated rings. The van der Waals surface area contributed by atoms with Gasteiger partial charge in [0.25, 0.3) is 0 Å². The van der Waals surface area contributed by atoms with Crippen LogP contribution in [-0.2, 0) is 4.74 Å². The van der Waals surface area contributed by atoms with Crippen LogP contribution in [0.3, 0.4) is 0 Å². The molecule has 1 unspecified atom stereocenters. The van der Waals surface area contributed by atoms with Crippen molar-refractivity contribution in [1.82, 2.24) is 5.32 Å². The molecule has 2 aliphatic carbocycles. The summed E-state index contributed by atoms with van der Waals surface area (Å²) in [5.74, 6) is 0.947. The van der Waals surface area contributed by atoms with Gasteiger partial charge in [-0.2, -0.15) is 0 Å². The maximum atomic E-state index is 5.95. The fraction of sp³-hybridized carbons (Fsp3) is 1.00. The van der Waals surface area contributed by atoms with Crippen molar-refractivity contribution in [2.24, 2.45) is 5.92 Å². The zero-order chi connectivity index (χ0) is 11.8. The summed E-state index contributed by atoms with van der Waals surface area (Å²) in [7, 11) is 0. The van der Waals surface area contributed by atoms with Crippen LogP contribution in [0.4, 0.5) is 0 Å². The van der Waals surface area contributed by atoms with Crippen LogP contribution in [0.1, 0.15) is 59.8 Å². The number of rotatable bonds is 4. The van der Waals surface area contributed by atoms with E-state index in [-0.39, 0.29) is 5.60 Å². The summed E-state index contributed by atoms with van der Waals surface area (Å²) in [6, 6.07) is 1.43. The zero-order valence-electron chi connectivity index (χ0n) is 11.3. The Morgan fingerprint density at radius 2 is 1.81 bits per heavy atom. The molecule has 0 heterocycles. The second kappa shape index (κ2) is 4.66. The molecule has 0 aromatic carbocycles. The van der Waals surface area contributed by atoms with Gasteiger partial charge in [-0.05, 0) is 59.3 Å². The van der Waals surface area contributed by atoms with Crippen LogP contribution in [0.5, 0.6) is 0 Å². The number of hydrogen-bond acceptors (Lipinski definition) is 2. The maximum absolute atomic E-state index is 5.95. The van der Waals surface area contributed by atoms with Gasteiger partial charge in [0.1, 0.15) is 0 Å². The van der Waals surface area contributed by atoms with Crippen molar-refractivity contribution >= 4 is 0 Å². The molecule has 16 heavy (non-hydrogen) atoms. The van der Waals surface area contributed by atoms with E-state index in [1.807, 2.05) is 0 Å². The van der Waals surface area contributed by atoms with Crippen LogP contribution in [0.25, 0.3) is 0 Å². The molecule has 0 radical (unpaired) electrons. The molecule has 2 heteroatoms. The van der Waals surface area contributed by atoms with E-state index in [0.29, 0.717) is 18.2 Å². The molecule has 0 aromatic heterocycles. The molecule has 0 aromatic rings. The van der Waals surface area contributed by atoms with Crippen LogP contribution in [0.2, 0.25) is 0 Å². The average molecular weight is 225 g/mol. The molecule has 94 valence electrons. The first-order valence-corrected chi connectivity index (χ1v) is 6.88. The van der Waals surface area contributed by atoms with Gasteiger partial charge in [-0.15, -0.1) is 0 Å². The Balaban J connectivity index is 1.61.